The number of phenolic OH excluding ortho intramolecular Hbond substituents is 2. The molecule has 132 valence electrons. The van der Waals surface area contributed by atoms with Gasteiger partial charge in [-0.25, -0.2) is 0 Å². The Morgan fingerprint density at radius 1 is 0.923 bits per heavy atom. The molecule has 0 spiro atoms. The highest BCUT2D eigenvalue weighted by Gasteiger charge is 2.17. The molecule has 3 aromatic rings. The number of aromatic hydroxyl groups is 2. The number of methoxy groups -OCH3 is 1. The molecule has 0 radical (unpaired) electrons. The standard InChI is InChI=1S/C19H16N2O5/c1-26-13-4-2-11(3-5-13)18-14-8-17(25)16(24)7-12(14)6-15(20-9-22)19(18)21-10-23/h2-10,24-25H,1H3,(H,20,22)(H,21,23). The number of anilines is 2. The summed E-state index contributed by atoms with van der Waals surface area (Å²) in [7, 11) is 1.55. The number of fused-ring (bicyclic) bond motifs is 1. The summed E-state index contributed by atoms with van der Waals surface area (Å²) in [5.74, 6) is 0.0809. The lowest BCUT2D eigenvalue weighted by atomic mass is 9.94. The predicted octanol–water partition coefficient (Wildman–Crippen LogP) is 3.06. The maximum atomic E-state index is 11.1. The van der Waals surface area contributed by atoms with Crippen LogP contribution in [0.1, 0.15) is 0 Å². The number of benzene rings is 3. The summed E-state index contributed by atoms with van der Waals surface area (Å²) in [6.07, 6.45) is 1.000. The zero-order valence-corrected chi connectivity index (χ0v) is 13.8. The van der Waals surface area contributed by atoms with Crippen molar-refractivity contribution in [2.45, 2.75) is 0 Å². The quantitative estimate of drug-likeness (QED) is 0.403. The van der Waals surface area contributed by atoms with Crippen LogP contribution in [0.3, 0.4) is 0 Å². The minimum Gasteiger partial charge on any atom is -0.504 e. The lowest BCUT2D eigenvalue weighted by Gasteiger charge is -2.18. The van der Waals surface area contributed by atoms with Gasteiger partial charge in [-0.05, 0) is 46.7 Å². The Kier molecular flexibility index (Phi) is 4.62. The van der Waals surface area contributed by atoms with Crippen molar-refractivity contribution in [2.24, 2.45) is 0 Å². The lowest BCUT2D eigenvalue weighted by Crippen LogP contribution is -2.04. The number of amides is 2. The Morgan fingerprint density at radius 3 is 2.19 bits per heavy atom. The first-order chi connectivity index (χ1) is 12.6. The molecule has 0 aliphatic rings. The van der Waals surface area contributed by atoms with E-state index in [1.54, 1.807) is 37.4 Å². The van der Waals surface area contributed by atoms with Gasteiger partial charge in [-0.2, -0.15) is 0 Å². The molecule has 4 N–H and O–H groups in total. The number of rotatable bonds is 6. The maximum Gasteiger partial charge on any atom is 0.211 e. The van der Waals surface area contributed by atoms with Gasteiger partial charge in [0, 0.05) is 5.56 Å². The normalized spacial score (nSPS) is 10.3. The molecule has 7 heteroatoms. The molecule has 0 saturated carbocycles. The second-order valence-corrected chi connectivity index (χ2v) is 5.49. The average Bonchev–Trinajstić information content (AvgIpc) is 2.64. The van der Waals surface area contributed by atoms with Gasteiger partial charge in [0.15, 0.2) is 11.5 Å². The second kappa shape index (κ2) is 7.02. The van der Waals surface area contributed by atoms with Crippen molar-refractivity contribution < 1.29 is 24.5 Å². The molecule has 26 heavy (non-hydrogen) atoms. The molecule has 7 nitrogen and oxygen atoms in total. The molecule has 3 aromatic carbocycles. The highest BCUT2D eigenvalue weighted by molar-refractivity contribution is 6.11. The second-order valence-electron chi connectivity index (χ2n) is 5.49. The van der Waals surface area contributed by atoms with E-state index in [4.69, 9.17) is 4.74 Å². The molecule has 2 amide bonds. The van der Waals surface area contributed by atoms with Crippen molar-refractivity contribution in [1.29, 1.82) is 0 Å². The van der Waals surface area contributed by atoms with Gasteiger partial charge in [-0.3, -0.25) is 9.59 Å². The summed E-state index contributed by atoms with van der Waals surface area (Å²) < 4.78 is 5.16. The van der Waals surface area contributed by atoms with Gasteiger partial charge >= 0.3 is 0 Å². The van der Waals surface area contributed by atoms with E-state index < -0.39 is 0 Å². The Labute approximate surface area is 148 Å². The summed E-state index contributed by atoms with van der Waals surface area (Å²) in [4.78, 5) is 22.1. The summed E-state index contributed by atoms with van der Waals surface area (Å²) >= 11 is 0. The molecule has 0 aliphatic carbocycles. The molecular weight excluding hydrogens is 336 g/mol. The first-order valence-electron chi connectivity index (χ1n) is 7.66. The van der Waals surface area contributed by atoms with E-state index in [1.165, 1.54) is 12.1 Å². The summed E-state index contributed by atoms with van der Waals surface area (Å²) in [6.45, 7) is 0. The maximum absolute atomic E-state index is 11.1. The van der Waals surface area contributed by atoms with Crippen LogP contribution in [0, 0.1) is 0 Å². The summed E-state index contributed by atoms with van der Waals surface area (Å²) in [5.41, 5.74) is 2.03. The minimum atomic E-state index is -0.291. The number of hydrogen-bond acceptors (Lipinski definition) is 5. The number of hydrogen-bond donors (Lipinski definition) is 4. The molecule has 0 bridgehead atoms. The van der Waals surface area contributed by atoms with Crippen molar-refractivity contribution in [3.05, 3.63) is 42.5 Å². The van der Waals surface area contributed by atoms with Crippen LogP contribution in [-0.4, -0.2) is 30.1 Å². The monoisotopic (exact) mass is 352 g/mol. The Morgan fingerprint density at radius 2 is 1.58 bits per heavy atom. The zero-order chi connectivity index (χ0) is 18.7. The fraction of sp³-hybridized carbons (Fsp3) is 0.0526. The number of carbonyl (C=O) groups excluding carboxylic acids is 2. The van der Waals surface area contributed by atoms with Crippen molar-refractivity contribution in [3.8, 4) is 28.4 Å². The minimum absolute atomic E-state index is 0.286. The van der Waals surface area contributed by atoms with E-state index >= 15 is 0 Å². The molecule has 0 aromatic heterocycles. The first kappa shape index (κ1) is 17.1. The van der Waals surface area contributed by atoms with Crippen LogP contribution in [0.4, 0.5) is 11.4 Å². The molecule has 0 unspecified atom stereocenters. The molecule has 0 fully saturated rings. The predicted molar refractivity (Wildman–Crippen MR) is 98.6 cm³/mol. The van der Waals surface area contributed by atoms with Crippen molar-refractivity contribution in [3.63, 3.8) is 0 Å². The molecule has 0 aliphatic heterocycles. The summed E-state index contributed by atoms with van der Waals surface area (Å²) in [6, 6.07) is 11.5. The molecular formula is C19H16N2O5. The first-order valence-corrected chi connectivity index (χ1v) is 7.66. The fourth-order valence-corrected chi connectivity index (χ4v) is 2.87. The molecule has 3 rings (SSSR count). The van der Waals surface area contributed by atoms with Crippen molar-refractivity contribution >= 4 is 35.0 Å². The molecule has 0 heterocycles. The van der Waals surface area contributed by atoms with Crippen LogP contribution in [0.15, 0.2) is 42.5 Å². The van der Waals surface area contributed by atoms with E-state index in [2.05, 4.69) is 10.6 Å². The van der Waals surface area contributed by atoms with Crippen LogP contribution in [0.25, 0.3) is 21.9 Å². The Bertz CT molecular complexity index is 984. The topological polar surface area (TPSA) is 108 Å². The van der Waals surface area contributed by atoms with Crippen molar-refractivity contribution in [2.75, 3.05) is 17.7 Å². The van der Waals surface area contributed by atoms with Crippen LogP contribution in [-0.2, 0) is 9.59 Å². The van der Waals surface area contributed by atoms with Gasteiger partial charge in [0.05, 0.1) is 18.5 Å². The van der Waals surface area contributed by atoms with Crippen LogP contribution < -0.4 is 15.4 Å². The van der Waals surface area contributed by atoms with Gasteiger partial charge in [0.2, 0.25) is 12.8 Å². The Hall–Kier alpha value is -3.74. The van der Waals surface area contributed by atoms with Crippen LogP contribution in [0.5, 0.6) is 17.2 Å². The molecule has 0 saturated heterocycles. The van der Waals surface area contributed by atoms with Crippen molar-refractivity contribution in [1.82, 2.24) is 0 Å². The zero-order valence-electron chi connectivity index (χ0n) is 13.8. The SMILES string of the molecule is COc1ccc(-c2c(NC=O)c(NC=O)cc3cc(O)c(O)cc23)cc1. The lowest BCUT2D eigenvalue weighted by molar-refractivity contribution is -0.106. The number of nitrogens with one attached hydrogen (secondary N) is 2. The Balaban J connectivity index is 2.40. The number of phenols is 2. The number of carbonyl (C=O) groups is 2. The van der Waals surface area contributed by atoms with Gasteiger partial charge < -0.3 is 25.6 Å². The van der Waals surface area contributed by atoms with Gasteiger partial charge in [0.25, 0.3) is 0 Å². The number of ether oxygens (including phenoxy) is 1. The van der Waals surface area contributed by atoms with Gasteiger partial charge in [-0.1, -0.05) is 12.1 Å². The molecule has 0 atom stereocenters. The van der Waals surface area contributed by atoms with E-state index in [1.807, 2.05) is 0 Å². The smallest absolute Gasteiger partial charge is 0.211 e. The fourth-order valence-electron chi connectivity index (χ4n) is 2.87. The van der Waals surface area contributed by atoms with Crippen LogP contribution >= 0.6 is 0 Å². The largest absolute Gasteiger partial charge is 0.504 e. The van der Waals surface area contributed by atoms with Gasteiger partial charge in [0.1, 0.15) is 5.75 Å². The van der Waals surface area contributed by atoms with E-state index in [-0.39, 0.29) is 11.5 Å². The highest BCUT2D eigenvalue weighted by Crippen LogP contribution is 2.44. The third-order valence-corrected chi connectivity index (χ3v) is 4.03. The van der Waals surface area contributed by atoms with E-state index in [0.717, 1.165) is 5.56 Å². The average molecular weight is 352 g/mol. The van der Waals surface area contributed by atoms with E-state index in [9.17, 15) is 19.8 Å². The van der Waals surface area contributed by atoms with Crippen LogP contribution in [0.2, 0.25) is 0 Å². The highest BCUT2D eigenvalue weighted by atomic mass is 16.5. The van der Waals surface area contributed by atoms with Gasteiger partial charge in [-0.15, -0.1) is 0 Å². The van der Waals surface area contributed by atoms with E-state index in [0.29, 0.717) is 46.3 Å². The summed E-state index contributed by atoms with van der Waals surface area (Å²) in [5, 5.41) is 26.1. The third-order valence-electron chi connectivity index (χ3n) is 4.03. The third kappa shape index (κ3) is 2.98.